The molecule has 37 heavy (non-hydrogen) atoms. The molecule has 220 valence electrons. The monoisotopic (exact) mass is 549 g/mol. The lowest BCUT2D eigenvalue weighted by Gasteiger charge is -2.21. The minimum Gasteiger partial charge on any atom is -0.481 e. The van der Waals surface area contributed by atoms with E-state index in [-0.39, 0.29) is 25.2 Å². The summed E-state index contributed by atoms with van der Waals surface area (Å²) < 4.78 is 0. The molecule has 0 saturated carbocycles. The molecular formula is C28H56ClN3O5. The highest BCUT2D eigenvalue weighted by Crippen LogP contribution is 2.13. The number of unbranched alkanes of at least 4 members (excludes halogenated alkanes) is 15. The second-order valence-corrected chi connectivity index (χ2v) is 10.1. The molecule has 0 radical (unpaired) electrons. The van der Waals surface area contributed by atoms with Gasteiger partial charge in [0.25, 0.3) is 0 Å². The van der Waals surface area contributed by atoms with E-state index < -0.39 is 29.9 Å². The summed E-state index contributed by atoms with van der Waals surface area (Å²) in [6.45, 7) is 3.40. The second kappa shape index (κ2) is 27.6. The second-order valence-electron chi connectivity index (χ2n) is 10.1. The number of rotatable bonds is 27. The first-order valence-corrected chi connectivity index (χ1v) is 14.6. The van der Waals surface area contributed by atoms with Crippen LogP contribution in [0.3, 0.4) is 0 Å². The van der Waals surface area contributed by atoms with Gasteiger partial charge in [-0.15, -0.1) is 12.4 Å². The van der Waals surface area contributed by atoms with Crippen LogP contribution in [0, 0.1) is 0 Å². The maximum Gasteiger partial charge on any atom is 0.326 e. The third kappa shape index (κ3) is 24.7. The van der Waals surface area contributed by atoms with Crippen molar-refractivity contribution in [3.05, 3.63) is 0 Å². The van der Waals surface area contributed by atoms with Gasteiger partial charge in [0.2, 0.25) is 5.91 Å². The maximum absolute atomic E-state index is 12.6. The quantitative estimate of drug-likeness (QED) is 0.0814. The number of carbonyl (C=O) groups excluding carboxylic acids is 1. The summed E-state index contributed by atoms with van der Waals surface area (Å²) >= 11 is 0. The minimum absolute atomic E-state index is 0. The van der Waals surface area contributed by atoms with Crippen LogP contribution in [0.4, 0.5) is 0 Å². The summed E-state index contributed by atoms with van der Waals surface area (Å²) in [4.78, 5) is 34.7. The number of aliphatic carboxylic acids is 2. The topological polar surface area (TPSA) is 142 Å². The van der Waals surface area contributed by atoms with Crippen molar-refractivity contribution in [2.75, 3.05) is 13.1 Å². The van der Waals surface area contributed by atoms with Crippen LogP contribution in [0.15, 0.2) is 0 Å². The highest BCUT2D eigenvalue weighted by atomic mass is 35.5. The predicted octanol–water partition coefficient (Wildman–Crippen LogP) is 5.80. The molecule has 0 aromatic rings. The van der Waals surface area contributed by atoms with Crippen molar-refractivity contribution in [3.63, 3.8) is 0 Å². The molecule has 9 heteroatoms. The van der Waals surface area contributed by atoms with Gasteiger partial charge in [-0.1, -0.05) is 103 Å². The summed E-state index contributed by atoms with van der Waals surface area (Å²) in [6, 6.07) is -1.72. The van der Waals surface area contributed by atoms with Gasteiger partial charge in [0.15, 0.2) is 0 Å². The van der Waals surface area contributed by atoms with Crippen molar-refractivity contribution in [3.8, 4) is 0 Å². The van der Waals surface area contributed by atoms with Crippen LogP contribution in [0.1, 0.15) is 135 Å². The fourth-order valence-electron chi connectivity index (χ4n) is 4.39. The number of hydrogen-bond acceptors (Lipinski definition) is 5. The van der Waals surface area contributed by atoms with Crippen LogP contribution in [-0.4, -0.2) is 53.2 Å². The summed E-state index contributed by atoms with van der Waals surface area (Å²) in [5.74, 6) is -2.71. The van der Waals surface area contributed by atoms with Crippen LogP contribution in [0.2, 0.25) is 0 Å². The summed E-state index contributed by atoms with van der Waals surface area (Å²) in [6.07, 6.45) is 21.6. The Morgan fingerprint density at radius 3 is 1.54 bits per heavy atom. The Morgan fingerprint density at radius 2 is 1.14 bits per heavy atom. The molecular weight excluding hydrogens is 494 g/mol. The van der Waals surface area contributed by atoms with Gasteiger partial charge < -0.3 is 26.6 Å². The van der Waals surface area contributed by atoms with Crippen LogP contribution in [0.25, 0.3) is 0 Å². The van der Waals surface area contributed by atoms with Gasteiger partial charge in [-0.25, -0.2) is 4.79 Å². The van der Waals surface area contributed by atoms with Crippen molar-refractivity contribution in [2.45, 2.75) is 147 Å². The average Bonchev–Trinajstić information content (AvgIpc) is 2.84. The Kier molecular flexibility index (Phi) is 28.2. The lowest BCUT2D eigenvalue weighted by molar-refractivity contribution is -0.143. The highest BCUT2D eigenvalue weighted by Gasteiger charge is 2.25. The smallest absolute Gasteiger partial charge is 0.326 e. The van der Waals surface area contributed by atoms with Gasteiger partial charge in [0.05, 0.1) is 6.04 Å². The first kappa shape index (κ1) is 37.8. The molecule has 0 rings (SSSR count). The van der Waals surface area contributed by atoms with Gasteiger partial charge in [0, 0.05) is 6.42 Å². The molecule has 8 nitrogen and oxygen atoms in total. The third-order valence-corrected chi connectivity index (χ3v) is 6.70. The standard InChI is InChI=1S/C28H55N3O5.ClH/c1-2-3-4-5-6-7-8-9-10-11-12-13-14-15-16-17-23-30-24(19-18-22-29)27(34)31-25(28(35)36)20-21-26(32)33;/h24-25,30H,2-23,29H2,1H3,(H,31,34)(H,32,33)(H,35,36);1H. The van der Waals surface area contributed by atoms with Crippen molar-refractivity contribution in [1.29, 1.82) is 0 Å². The van der Waals surface area contributed by atoms with Gasteiger partial charge in [0.1, 0.15) is 6.04 Å². The van der Waals surface area contributed by atoms with E-state index in [4.69, 9.17) is 10.8 Å². The summed E-state index contributed by atoms with van der Waals surface area (Å²) in [5.41, 5.74) is 5.58. The Hall–Kier alpha value is -1.38. The molecule has 2 unspecified atom stereocenters. The van der Waals surface area contributed by atoms with E-state index >= 15 is 0 Å². The number of nitrogens with one attached hydrogen (secondary N) is 2. The van der Waals surface area contributed by atoms with Crippen molar-refractivity contribution >= 4 is 30.3 Å². The third-order valence-electron chi connectivity index (χ3n) is 6.70. The number of nitrogens with two attached hydrogens (primary N) is 1. The number of amides is 1. The first-order valence-electron chi connectivity index (χ1n) is 14.6. The van der Waals surface area contributed by atoms with Crippen molar-refractivity contribution < 1.29 is 24.6 Å². The molecule has 0 aliphatic heterocycles. The van der Waals surface area contributed by atoms with Crippen molar-refractivity contribution in [1.82, 2.24) is 10.6 Å². The molecule has 2 atom stereocenters. The van der Waals surface area contributed by atoms with E-state index in [0.717, 1.165) is 12.8 Å². The average molecular weight is 550 g/mol. The van der Waals surface area contributed by atoms with E-state index in [2.05, 4.69) is 17.6 Å². The van der Waals surface area contributed by atoms with Crippen molar-refractivity contribution in [2.24, 2.45) is 5.73 Å². The number of carbonyl (C=O) groups is 3. The van der Waals surface area contributed by atoms with E-state index in [1.807, 2.05) is 0 Å². The van der Waals surface area contributed by atoms with Crippen LogP contribution in [-0.2, 0) is 14.4 Å². The molecule has 0 fully saturated rings. The molecule has 0 aromatic heterocycles. The lowest BCUT2D eigenvalue weighted by atomic mass is 10.0. The Morgan fingerprint density at radius 1 is 0.676 bits per heavy atom. The Labute approximate surface area is 231 Å². The zero-order chi connectivity index (χ0) is 26.9. The van der Waals surface area contributed by atoms with Crippen LogP contribution >= 0.6 is 12.4 Å². The lowest BCUT2D eigenvalue weighted by Crippen LogP contribution is -2.50. The summed E-state index contributed by atoms with van der Waals surface area (Å²) in [5, 5.41) is 23.8. The van der Waals surface area contributed by atoms with E-state index in [1.54, 1.807) is 0 Å². The van der Waals surface area contributed by atoms with Gasteiger partial charge >= 0.3 is 11.9 Å². The fourth-order valence-corrected chi connectivity index (χ4v) is 4.39. The Bertz CT molecular complexity index is 566. The number of carboxylic acid groups (broad SMARTS) is 2. The fraction of sp³-hybridized carbons (Fsp3) is 0.893. The zero-order valence-corrected chi connectivity index (χ0v) is 24.1. The minimum atomic E-state index is -1.22. The highest BCUT2D eigenvalue weighted by molar-refractivity contribution is 5.87. The van der Waals surface area contributed by atoms with Gasteiger partial charge in [-0.05, 0) is 38.8 Å². The molecule has 0 spiro atoms. The van der Waals surface area contributed by atoms with Crippen LogP contribution < -0.4 is 16.4 Å². The predicted molar refractivity (Wildman–Crippen MR) is 153 cm³/mol. The van der Waals surface area contributed by atoms with E-state index in [0.29, 0.717) is 25.9 Å². The van der Waals surface area contributed by atoms with E-state index in [9.17, 15) is 19.5 Å². The number of halogens is 1. The van der Waals surface area contributed by atoms with Gasteiger partial charge in [-0.2, -0.15) is 0 Å². The molecule has 0 aromatic carbocycles. The normalized spacial score (nSPS) is 12.5. The largest absolute Gasteiger partial charge is 0.481 e. The number of hydrogen-bond donors (Lipinski definition) is 5. The van der Waals surface area contributed by atoms with Gasteiger partial charge in [-0.3, -0.25) is 9.59 Å². The van der Waals surface area contributed by atoms with Crippen LogP contribution in [0.5, 0.6) is 0 Å². The molecule has 0 aliphatic rings. The first-order chi connectivity index (χ1) is 17.4. The summed E-state index contributed by atoms with van der Waals surface area (Å²) in [7, 11) is 0. The molecule has 1 amide bonds. The maximum atomic E-state index is 12.6. The van der Waals surface area contributed by atoms with E-state index in [1.165, 1.54) is 89.9 Å². The molecule has 6 N–H and O–H groups in total. The Balaban J connectivity index is 0. The SMILES string of the molecule is CCCCCCCCCCCCCCCCCCNC(CCCN)C(=O)NC(CCC(=O)O)C(=O)O.Cl. The molecule has 0 aliphatic carbocycles. The molecule has 0 bridgehead atoms. The number of carboxylic acids is 2. The molecule has 0 heterocycles. The zero-order valence-electron chi connectivity index (χ0n) is 23.3. The molecule has 0 saturated heterocycles.